The molecular weight excluding hydrogens is 520 g/mol. The molecule has 2 aromatic heterocycles. The van der Waals surface area contributed by atoms with Gasteiger partial charge in [0.05, 0.1) is 22.1 Å². The van der Waals surface area contributed by atoms with Crippen LogP contribution in [0.5, 0.6) is 0 Å². The lowest BCUT2D eigenvalue weighted by Crippen LogP contribution is -2.05. The lowest BCUT2D eigenvalue weighted by atomic mass is 9.83. The standard InChI is InChI=1S/C41H50N2/c1-18-20(3)27(10)38-34(25(18)8)36-31(14)32(24(7)30(13)40(36)42(38)15)17-33-23(6)22(5)29(12)41-37(33)35-26(9)19(2)21(4)28(11)39(35)43(41)16/h17H2,1-16H3. The van der Waals surface area contributed by atoms with Gasteiger partial charge in [0.1, 0.15) is 0 Å². The van der Waals surface area contributed by atoms with Crippen molar-refractivity contribution in [2.24, 2.45) is 14.1 Å². The van der Waals surface area contributed by atoms with E-state index in [1.165, 1.54) is 133 Å². The second-order valence-corrected chi connectivity index (χ2v) is 13.9. The summed E-state index contributed by atoms with van der Waals surface area (Å²) >= 11 is 0. The fourth-order valence-corrected chi connectivity index (χ4v) is 8.74. The molecule has 0 fully saturated rings. The molecule has 0 aliphatic rings. The third-order valence-electron chi connectivity index (χ3n) is 12.4. The maximum atomic E-state index is 2.50. The van der Waals surface area contributed by atoms with Gasteiger partial charge < -0.3 is 9.13 Å². The zero-order valence-corrected chi connectivity index (χ0v) is 29.6. The highest BCUT2D eigenvalue weighted by molar-refractivity contribution is 6.16. The van der Waals surface area contributed by atoms with Gasteiger partial charge in [0.25, 0.3) is 0 Å². The Morgan fingerprint density at radius 1 is 0.279 bits per heavy atom. The first-order chi connectivity index (χ1) is 20.1. The van der Waals surface area contributed by atoms with Crippen LogP contribution in [0.3, 0.4) is 0 Å². The van der Waals surface area contributed by atoms with Crippen molar-refractivity contribution in [2.45, 2.75) is 103 Å². The molecule has 0 radical (unpaired) electrons. The lowest BCUT2D eigenvalue weighted by molar-refractivity contribution is 0.988. The Morgan fingerprint density at radius 2 is 0.558 bits per heavy atom. The minimum atomic E-state index is 0.946. The lowest BCUT2D eigenvalue weighted by Gasteiger charge is -2.20. The van der Waals surface area contributed by atoms with E-state index in [0.29, 0.717) is 0 Å². The first-order valence-electron chi connectivity index (χ1n) is 16.0. The number of aryl methyl sites for hydroxylation is 9. The molecule has 4 aromatic carbocycles. The van der Waals surface area contributed by atoms with E-state index in [0.717, 1.165) is 6.42 Å². The summed E-state index contributed by atoms with van der Waals surface area (Å²) in [5, 5.41) is 5.82. The Hall–Kier alpha value is -3.52. The molecule has 0 unspecified atom stereocenters. The molecular formula is C41H50N2. The molecule has 6 aromatic rings. The monoisotopic (exact) mass is 570 g/mol. The average Bonchev–Trinajstić information content (AvgIpc) is 3.45. The van der Waals surface area contributed by atoms with E-state index in [-0.39, 0.29) is 0 Å². The van der Waals surface area contributed by atoms with Crippen LogP contribution in [0.4, 0.5) is 0 Å². The van der Waals surface area contributed by atoms with Gasteiger partial charge >= 0.3 is 0 Å². The summed E-state index contributed by atoms with van der Waals surface area (Å²) in [6, 6.07) is 0. The van der Waals surface area contributed by atoms with Gasteiger partial charge in [-0.25, -0.2) is 0 Å². The Labute approximate surface area is 258 Å². The van der Waals surface area contributed by atoms with E-state index < -0.39 is 0 Å². The summed E-state index contributed by atoms with van der Waals surface area (Å²) < 4.78 is 4.99. The number of hydrogen-bond acceptors (Lipinski definition) is 0. The fourth-order valence-electron chi connectivity index (χ4n) is 8.74. The van der Waals surface area contributed by atoms with Crippen molar-refractivity contribution in [3.8, 4) is 0 Å². The SMILES string of the molecule is Cc1c(C)c(C)c2c(c1C)c1c(C)c(Cc3c(C)c(C)c(C)c4c3c3c(C)c(C)c(C)c(C)c3n4C)c(C)c(C)c1n2C. The topological polar surface area (TPSA) is 9.86 Å². The Kier molecular flexibility index (Phi) is 6.52. The molecule has 0 spiro atoms. The van der Waals surface area contributed by atoms with Crippen molar-refractivity contribution >= 4 is 43.6 Å². The van der Waals surface area contributed by atoms with Gasteiger partial charge in [-0.2, -0.15) is 0 Å². The highest BCUT2D eigenvalue weighted by Crippen LogP contribution is 2.45. The molecule has 0 bridgehead atoms. The van der Waals surface area contributed by atoms with Crippen LogP contribution in [0.1, 0.15) is 89.0 Å². The van der Waals surface area contributed by atoms with Crippen LogP contribution in [0.15, 0.2) is 0 Å². The average molecular weight is 571 g/mol. The van der Waals surface area contributed by atoms with Gasteiger partial charge in [0.15, 0.2) is 0 Å². The highest BCUT2D eigenvalue weighted by Gasteiger charge is 2.26. The first-order valence-corrected chi connectivity index (χ1v) is 16.0. The Bertz CT molecular complexity index is 2240. The van der Waals surface area contributed by atoms with Crippen LogP contribution in [-0.4, -0.2) is 9.13 Å². The second-order valence-electron chi connectivity index (χ2n) is 13.9. The van der Waals surface area contributed by atoms with Gasteiger partial charge in [0.2, 0.25) is 0 Å². The van der Waals surface area contributed by atoms with Crippen LogP contribution in [0, 0.1) is 96.9 Å². The van der Waals surface area contributed by atoms with Crippen LogP contribution in [0.2, 0.25) is 0 Å². The number of rotatable bonds is 2. The number of benzene rings is 4. The number of aromatic nitrogens is 2. The molecule has 2 heteroatoms. The maximum absolute atomic E-state index is 2.50. The van der Waals surface area contributed by atoms with E-state index in [9.17, 15) is 0 Å². The van der Waals surface area contributed by atoms with Crippen molar-refractivity contribution in [3.05, 3.63) is 89.0 Å². The molecule has 0 saturated carbocycles. The minimum absolute atomic E-state index is 0.946. The molecule has 0 amide bonds. The predicted octanol–water partition coefficient (Wildman–Crippen LogP) is 10.9. The molecule has 6 rings (SSSR count). The predicted molar refractivity (Wildman–Crippen MR) is 190 cm³/mol. The molecule has 0 atom stereocenters. The van der Waals surface area contributed by atoms with E-state index in [1.54, 1.807) is 0 Å². The van der Waals surface area contributed by atoms with E-state index in [2.05, 4.69) is 120 Å². The molecule has 0 saturated heterocycles. The van der Waals surface area contributed by atoms with E-state index in [4.69, 9.17) is 0 Å². The third-order valence-corrected chi connectivity index (χ3v) is 12.4. The first kappa shape index (κ1) is 29.5. The van der Waals surface area contributed by atoms with E-state index >= 15 is 0 Å². The number of fused-ring (bicyclic) bond motifs is 6. The molecule has 0 N–H and O–H groups in total. The summed E-state index contributed by atoms with van der Waals surface area (Å²) in [5.41, 5.74) is 28.5. The number of nitrogens with zero attached hydrogens (tertiary/aromatic N) is 2. The van der Waals surface area contributed by atoms with Crippen LogP contribution in [0.25, 0.3) is 43.6 Å². The van der Waals surface area contributed by atoms with Crippen LogP contribution < -0.4 is 0 Å². The maximum Gasteiger partial charge on any atom is 0.0524 e. The summed E-state index contributed by atoms with van der Waals surface area (Å²) in [7, 11) is 4.57. The van der Waals surface area contributed by atoms with Crippen molar-refractivity contribution < 1.29 is 0 Å². The minimum Gasteiger partial charge on any atom is -0.343 e. The Balaban J connectivity index is 1.80. The van der Waals surface area contributed by atoms with Crippen LogP contribution in [-0.2, 0) is 20.5 Å². The van der Waals surface area contributed by atoms with Gasteiger partial charge in [-0.3, -0.25) is 0 Å². The zero-order chi connectivity index (χ0) is 31.7. The van der Waals surface area contributed by atoms with Crippen molar-refractivity contribution in [1.29, 1.82) is 0 Å². The van der Waals surface area contributed by atoms with Gasteiger partial charge in [-0.05, 0) is 192 Å². The second kappa shape index (κ2) is 9.49. The summed E-state index contributed by atoms with van der Waals surface area (Å²) in [5.74, 6) is 0. The van der Waals surface area contributed by atoms with Crippen molar-refractivity contribution in [1.82, 2.24) is 9.13 Å². The molecule has 0 aliphatic heterocycles. The van der Waals surface area contributed by atoms with Gasteiger partial charge in [-0.1, -0.05) is 0 Å². The molecule has 2 heterocycles. The normalized spacial score (nSPS) is 12.3. The zero-order valence-electron chi connectivity index (χ0n) is 29.6. The van der Waals surface area contributed by atoms with Gasteiger partial charge in [-0.15, -0.1) is 0 Å². The quantitative estimate of drug-likeness (QED) is 0.196. The smallest absolute Gasteiger partial charge is 0.0524 e. The summed E-state index contributed by atoms with van der Waals surface area (Å²) in [6.07, 6.45) is 0.946. The Morgan fingerprint density at radius 3 is 1.00 bits per heavy atom. The molecule has 224 valence electrons. The molecule has 43 heavy (non-hydrogen) atoms. The van der Waals surface area contributed by atoms with Crippen molar-refractivity contribution in [2.75, 3.05) is 0 Å². The summed E-state index contributed by atoms with van der Waals surface area (Å²) in [6.45, 7) is 32.6. The fraction of sp³-hybridized carbons (Fsp3) is 0.415. The van der Waals surface area contributed by atoms with Gasteiger partial charge in [0, 0.05) is 35.6 Å². The third kappa shape index (κ3) is 3.53. The van der Waals surface area contributed by atoms with Crippen molar-refractivity contribution in [3.63, 3.8) is 0 Å². The van der Waals surface area contributed by atoms with Crippen LogP contribution >= 0.6 is 0 Å². The molecule has 2 nitrogen and oxygen atoms in total. The van der Waals surface area contributed by atoms with E-state index in [1.807, 2.05) is 0 Å². The highest BCUT2D eigenvalue weighted by atomic mass is 15.0. The largest absolute Gasteiger partial charge is 0.343 e. The summed E-state index contributed by atoms with van der Waals surface area (Å²) in [4.78, 5) is 0. The molecule has 0 aliphatic carbocycles. The number of hydrogen-bond donors (Lipinski definition) is 0.